The molecule has 0 saturated carbocycles. The summed E-state index contributed by atoms with van der Waals surface area (Å²) in [6, 6.07) is 3.68. The molecule has 0 atom stereocenters. The van der Waals surface area contributed by atoms with Crippen LogP contribution in [-0.4, -0.2) is 27.1 Å². The fourth-order valence-electron chi connectivity index (χ4n) is 1.29. The van der Waals surface area contributed by atoms with Gasteiger partial charge in [-0.1, -0.05) is 0 Å². The van der Waals surface area contributed by atoms with Gasteiger partial charge in [-0.2, -0.15) is 0 Å². The number of phenols is 2. The minimum absolute atomic E-state index is 0.0602. The zero-order valence-corrected chi connectivity index (χ0v) is 8.51. The third-order valence-corrected chi connectivity index (χ3v) is 2.08. The summed E-state index contributed by atoms with van der Waals surface area (Å²) in [7, 11) is 0. The predicted octanol–water partition coefficient (Wildman–Crippen LogP) is 1.54. The molecule has 0 spiro atoms. The second-order valence-corrected chi connectivity index (χ2v) is 3.37. The van der Waals surface area contributed by atoms with Crippen molar-refractivity contribution in [2.75, 3.05) is 0 Å². The van der Waals surface area contributed by atoms with Crippen molar-refractivity contribution in [3.8, 4) is 11.5 Å². The van der Waals surface area contributed by atoms with E-state index in [1.54, 1.807) is 0 Å². The van der Waals surface area contributed by atoms with E-state index < -0.39 is 5.97 Å². The van der Waals surface area contributed by atoms with Crippen molar-refractivity contribution >= 4 is 11.8 Å². The van der Waals surface area contributed by atoms with Gasteiger partial charge < -0.3 is 15.3 Å². The van der Waals surface area contributed by atoms with Crippen LogP contribution in [0.2, 0.25) is 0 Å². The van der Waals surface area contributed by atoms with E-state index in [1.165, 1.54) is 12.1 Å². The lowest BCUT2D eigenvalue weighted by atomic mass is 10.0. The van der Waals surface area contributed by atoms with E-state index in [0.29, 0.717) is 0 Å². The van der Waals surface area contributed by atoms with Gasteiger partial charge in [-0.3, -0.25) is 9.59 Å². The van der Waals surface area contributed by atoms with Crippen molar-refractivity contribution in [1.29, 1.82) is 0 Å². The van der Waals surface area contributed by atoms with Crippen LogP contribution >= 0.6 is 0 Å². The van der Waals surface area contributed by atoms with Gasteiger partial charge in [-0.25, -0.2) is 0 Å². The molecular weight excluding hydrogens is 212 g/mol. The molecule has 5 nitrogen and oxygen atoms in total. The van der Waals surface area contributed by atoms with E-state index in [-0.39, 0.29) is 42.1 Å². The Labute approximate surface area is 92.0 Å². The van der Waals surface area contributed by atoms with Crippen LogP contribution in [0.4, 0.5) is 0 Å². The van der Waals surface area contributed by atoms with Crippen molar-refractivity contribution in [1.82, 2.24) is 0 Å². The molecule has 16 heavy (non-hydrogen) atoms. The van der Waals surface area contributed by atoms with Crippen LogP contribution in [0.3, 0.4) is 0 Å². The fraction of sp³-hybridized carbons (Fsp3) is 0.273. The van der Waals surface area contributed by atoms with Crippen LogP contribution < -0.4 is 0 Å². The molecular formula is C11H12O5. The molecule has 3 N–H and O–H groups in total. The number of hydrogen-bond acceptors (Lipinski definition) is 4. The minimum Gasteiger partial charge on any atom is -0.508 e. The first-order valence-corrected chi connectivity index (χ1v) is 4.77. The number of Topliss-reactive ketones (excluding diaryl/α,β-unsaturated/α-hetero) is 1. The number of carbonyl (C=O) groups excluding carboxylic acids is 1. The van der Waals surface area contributed by atoms with E-state index in [0.717, 1.165) is 6.07 Å². The molecule has 5 heteroatoms. The standard InChI is InChI=1S/C11H12O5/c12-7-4-5-8(10(14)6-7)9(13)2-1-3-11(15)16/h4-6,12,14H,1-3H2,(H,15,16). The summed E-state index contributed by atoms with van der Waals surface area (Å²) < 4.78 is 0. The largest absolute Gasteiger partial charge is 0.508 e. The number of hydrogen-bond donors (Lipinski definition) is 3. The van der Waals surface area contributed by atoms with E-state index in [1.807, 2.05) is 0 Å². The average molecular weight is 224 g/mol. The molecule has 0 aromatic heterocycles. The van der Waals surface area contributed by atoms with Gasteiger partial charge in [-0.15, -0.1) is 0 Å². The summed E-state index contributed by atoms with van der Waals surface area (Å²) in [5.41, 5.74) is 0.100. The van der Waals surface area contributed by atoms with E-state index in [9.17, 15) is 14.7 Å². The Morgan fingerprint density at radius 1 is 1.12 bits per heavy atom. The summed E-state index contributed by atoms with van der Waals surface area (Å²) in [4.78, 5) is 21.8. The number of carboxylic acids is 1. The van der Waals surface area contributed by atoms with Crippen LogP contribution in [0.15, 0.2) is 18.2 Å². The second kappa shape index (κ2) is 5.16. The van der Waals surface area contributed by atoms with Crippen LogP contribution in [0.5, 0.6) is 11.5 Å². The van der Waals surface area contributed by atoms with Crippen molar-refractivity contribution in [3.63, 3.8) is 0 Å². The Morgan fingerprint density at radius 2 is 1.81 bits per heavy atom. The number of carboxylic acid groups (broad SMARTS) is 1. The van der Waals surface area contributed by atoms with Gasteiger partial charge in [0.25, 0.3) is 0 Å². The van der Waals surface area contributed by atoms with Crippen molar-refractivity contribution in [3.05, 3.63) is 23.8 Å². The molecule has 0 unspecified atom stereocenters. The molecule has 86 valence electrons. The Morgan fingerprint density at radius 3 is 2.38 bits per heavy atom. The topological polar surface area (TPSA) is 94.8 Å². The fourth-order valence-corrected chi connectivity index (χ4v) is 1.29. The number of benzene rings is 1. The lowest BCUT2D eigenvalue weighted by Crippen LogP contribution is -2.02. The molecule has 1 aromatic rings. The minimum atomic E-state index is -0.956. The van der Waals surface area contributed by atoms with Crippen LogP contribution in [-0.2, 0) is 4.79 Å². The summed E-state index contributed by atoms with van der Waals surface area (Å²) in [6.07, 6.45) is 0.212. The molecule has 1 aromatic carbocycles. The number of aromatic hydroxyl groups is 2. The van der Waals surface area contributed by atoms with Gasteiger partial charge in [0, 0.05) is 18.9 Å². The highest BCUT2D eigenvalue weighted by atomic mass is 16.4. The number of ketones is 1. The van der Waals surface area contributed by atoms with Gasteiger partial charge in [0.15, 0.2) is 5.78 Å². The number of phenolic OH excluding ortho intramolecular Hbond substituents is 2. The number of aliphatic carboxylic acids is 1. The van der Waals surface area contributed by atoms with Crippen LogP contribution in [0.25, 0.3) is 0 Å². The highest BCUT2D eigenvalue weighted by molar-refractivity contribution is 5.98. The third-order valence-electron chi connectivity index (χ3n) is 2.08. The van der Waals surface area contributed by atoms with Gasteiger partial charge in [0.05, 0.1) is 5.56 Å². The molecule has 0 saturated heterocycles. The monoisotopic (exact) mass is 224 g/mol. The molecule has 0 aliphatic rings. The normalized spacial score (nSPS) is 10.0. The molecule has 0 fully saturated rings. The molecule has 0 aliphatic heterocycles. The maximum Gasteiger partial charge on any atom is 0.303 e. The SMILES string of the molecule is O=C(O)CCCC(=O)c1ccc(O)cc1O. The first kappa shape index (κ1) is 12.0. The molecule has 1 rings (SSSR count). The summed E-state index contributed by atoms with van der Waals surface area (Å²) in [6.45, 7) is 0. The van der Waals surface area contributed by atoms with Gasteiger partial charge in [-0.05, 0) is 18.6 Å². The van der Waals surface area contributed by atoms with Crippen LogP contribution in [0.1, 0.15) is 29.6 Å². The molecule has 0 radical (unpaired) electrons. The molecule has 0 aliphatic carbocycles. The average Bonchev–Trinajstić information content (AvgIpc) is 2.16. The van der Waals surface area contributed by atoms with Crippen molar-refractivity contribution in [2.24, 2.45) is 0 Å². The summed E-state index contributed by atoms with van der Waals surface area (Å²) in [5.74, 6) is -1.71. The Balaban J connectivity index is 2.63. The van der Waals surface area contributed by atoms with E-state index in [4.69, 9.17) is 10.2 Å². The molecule has 0 amide bonds. The van der Waals surface area contributed by atoms with Crippen molar-refractivity contribution < 1.29 is 24.9 Å². The maximum atomic E-state index is 11.5. The molecule has 0 heterocycles. The number of carbonyl (C=O) groups is 2. The Bertz CT molecular complexity index is 411. The quantitative estimate of drug-likeness (QED) is 0.659. The lowest BCUT2D eigenvalue weighted by Gasteiger charge is -2.03. The smallest absolute Gasteiger partial charge is 0.303 e. The summed E-state index contributed by atoms with van der Waals surface area (Å²) in [5, 5.41) is 26.8. The van der Waals surface area contributed by atoms with E-state index in [2.05, 4.69) is 0 Å². The van der Waals surface area contributed by atoms with Crippen molar-refractivity contribution in [2.45, 2.75) is 19.3 Å². The zero-order valence-electron chi connectivity index (χ0n) is 8.51. The lowest BCUT2D eigenvalue weighted by molar-refractivity contribution is -0.137. The first-order valence-electron chi connectivity index (χ1n) is 4.77. The highest BCUT2D eigenvalue weighted by Crippen LogP contribution is 2.24. The zero-order chi connectivity index (χ0) is 12.1. The Kier molecular flexibility index (Phi) is 3.88. The summed E-state index contributed by atoms with van der Waals surface area (Å²) >= 11 is 0. The highest BCUT2D eigenvalue weighted by Gasteiger charge is 2.11. The first-order chi connectivity index (χ1) is 7.50. The van der Waals surface area contributed by atoms with Gasteiger partial charge in [0.2, 0.25) is 0 Å². The van der Waals surface area contributed by atoms with Crippen LogP contribution in [0, 0.1) is 0 Å². The second-order valence-electron chi connectivity index (χ2n) is 3.37. The Hall–Kier alpha value is -2.04. The van der Waals surface area contributed by atoms with E-state index >= 15 is 0 Å². The number of rotatable bonds is 5. The predicted molar refractivity (Wildman–Crippen MR) is 55.6 cm³/mol. The maximum absolute atomic E-state index is 11.5. The van der Waals surface area contributed by atoms with Gasteiger partial charge >= 0.3 is 5.97 Å². The molecule has 0 bridgehead atoms. The third kappa shape index (κ3) is 3.27. The van der Waals surface area contributed by atoms with Gasteiger partial charge in [0.1, 0.15) is 11.5 Å².